The first-order valence-corrected chi connectivity index (χ1v) is 5.93. The largest absolute Gasteiger partial charge is 0.493 e. The first-order valence-electron chi connectivity index (χ1n) is 5.93. The summed E-state index contributed by atoms with van der Waals surface area (Å²) in [6.45, 7) is 1.38. The lowest BCUT2D eigenvalue weighted by molar-refractivity contribution is -0.116. The molecule has 0 bridgehead atoms. The van der Waals surface area contributed by atoms with Gasteiger partial charge in [0.25, 0.3) is 0 Å². The number of hydrogen-bond acceptors (Lipinski definition) is 6. The number of Topliss-reactive ketones (excluding diaryl/α,β-unsaturated/α-hetero) is 2. The molecule has 0 aliphatic carbocycles. The first kappa shape index (κ1) is 16.0. The Hall–Kier alpha value is -2.08. The van der Waals surface area contributed by atoms with Crippen molar-refractivity contribution in [1.82, 2.24) is 0 Å². The number of hydrogen-bond donors (Lipinski definition) is 0. The van der Waals surface area contributed by atoms with Gasteiger partial charge in [0.1, 0.15) is 5.78 Å². The van der Waals surface area contributed by atoms with E-state index >= 15 is 0 Å². The lowest BCUT2D eigenvalue weighted by atomic mass is 10.1. The van der Waals surface area contributed by atoms with Gasteiger partial charge >= 0.3 is 0 Å². The van der Waals surface area contributed by atoms with E-state index in [0.717, 1.165) is 0 Å². The number of benzene rings is 1. The average Bonchev–Trinajstić information content (AvgIpc) is 2.43. The van der Waals surface area contributed by atoms with Crippen LogP contribution in [-0.4, -0.2) is 39.7 Å². The molecule has 0 fully saturated rings. The van der Waals surface area contributed by atoms with Crippen molar-refractivity contribution >= 4 is 11.6 Å². The van der Waals surface area contributed by atoms with Crippen molar-refractivity contribution in [1.29, 1.82) is 0 Å². The molecule has 0 unspecified atom stereocenters. The van der Waals surface area contributed by atoms with Gasteiger partial charge < -0.3 is 18.9 Å². The highest BCUT2D eigenvalue weighted by Gasteiger charge is 2.18. The van der Waals surface area contributed by atoms with Crippen LogP contribution in [0.5, 0.6) is 17.2 Å². The number of ketones is 2. The second kappa shape index (κ2) is 7.49. The van der Waals surface area contributed by atoms with Crippen LogP contribution < -0.4 is 14.2 Å². The summed E-state index contributed by atoms with van der Waals surface area (Å²) in [4.78, 5) is 22.9. The highest BCUT2D eigenvalue weighted by atomic mass is 16.7. The molecule has 0 aliphatic heterocycles. The summed E-state index contributed by atoms with van der Waals surface area (Å²) in [6, 6.07) is 3.03. The Bertz CT molecular complexity index is 469. The summed E-state index contributed by atoms with van der Waals surface area (Å²) >= 11 is 0. The van der Waals surface area contributed by atoms with Gasteiger partial charge in [-0.3, -0.25) is 9.59 Å². The number of rotatable bonds is 8. The molecular weight excluding hydrogens is 264 g/mol. The molecule has 0 heterocycles. The van der Waals surface area contributed by atoms with Gasteiger partial charge in [0.05, 0.1) is 20.6 Å². The predicted octanol–water partition coefficient (Wildman–Crippen LogP) is 1.85. The highest BCUT2D eigenvalue weighted by Crippen LogP contribution is 2.38. The average molecular weight is 282 g/mol. The van der Waals surface area contributed by atoms with Crippen LogP contribution in [0.25, 0.3) is 0 Å². The van der Waals surface area contributed by atoms with E-state index in [1.165, 1.54) is 40.4 Å². The fourth-order valence-corrected chi connectivity index (χ4v) is 1.63. The SMILES string of the molecule is COCOc1c(OC)cc(C(=O)CC(C)=O)cc1OC. The molecule has 20 heavy (non-hydrogen) atoms. The van der Waals surface area contributed by atoms with E-state index in [9.17, 15) is 9.59 Å². The molecule has 0 saturated heterocycles. The van der Waals surface area contributed by atoms with Gasteiger partial charge in [0.2, 0.25) is 5.75 Å². The van der Waals surface area contributed by atoms with Crippen LogP contribution in [-0.2, 0) is 9.53 Å². The van der Waals surface area contributed by atoms with Crippen LogP contribution in [0.1, 0.15) is 23.7 Å². The Labute approximate surface area is 117 Å². The Morgan fingerprint density at radius 1 is 1.05 bits per heavy atom. The van der Waals surface area contributed by atoms with Gasteiger partial charge in [0, 0.05) is 12.7 Å². The standard InChI is InChI=1S/C14H18O6/c1-9(15)5-11(16)10-6-12(18-3)14(20-8-17-2)13(7-10)19-4/h6-7H,5,8H2,1-4H3. The zero-order valence-corrected chi connectivity index (χ0v) is 12.0. The zero-order chi connectivity index (χ0) is 15.1. The monoisotopic (exact) mass is 282 g/mol. The quantitative estimate of drug-likeness (QED) is 0.411. The summed E-state index contributed by atoms with van der Waals surface area (Å²) < 4.78 is 20.6. The van der Waals surface area contributed by atoms with Gasteiger partial charge in [-0.15, -0.1) is 0 Å². The lowest BCUT2D eigenvalue weighted by Crippen LogP contribution is -2.08. The van der Waals surface area contributed by atoms with E-state index in [1.807, 2.05) is 0 Å². The molecule has 6 heteroatoms. The highest BCUT2D eigenvalue weighted by molar-refractivity contribution is 6.07. The molecule has 0 spiro atoms. The van der Waals surface area contributed by atoms with Gasteiger partial charge in [-0.05, 0) is 19.1 Å². The summed E-state index contributed by atoms with van der Waals surface area (Å²) in [5.41, 5.74) is 0.332. The Balaban J connectivity index is 3.17. The van der Waals surface area contributed by atoms with Crippen LogP contribution in [0.4, 0.5) is 0 Å². The van der Waals surface area contributed by atoms with Crippen molar-refractivity contribution in [2.45, 2.75) is 13.3 Å². The number of carbonyl (C=O) groups is 2. The van der Waals surface area contributed by atoms with Crippen LogP contribution >= 0.6 is 0 Å². The molecule has 0 aliphatic rings. The normalized spacial score (nSPS) is 10.0. The smallest absolute Gasteiger partial charge is 0.206 e. The molecule has 0 radical (unpaired) electrons. The van der Waals surface area contributed by atoms with Crippen molar-refractivity contribution in [2.75, 3.05) is 28.1 Å². The molecule has 1 rings (SSSR count). The van der Waals surface area contributed by atoms with Crippen molar-refractivity contribution in [3.8, 4) is 17.2 Å². The Morgan fingerprint density at radius 2 is 1.60 bits per heavy atom. The van der Waals surface area contributed by atoms with E-state index < -0.39 is 0 Å². The molecule has 0 aromatic heterocycles. The third kappa shape index (κ3) is 3.96. The minimum Gasteiger partial charge on any atom is -0.493 e. The zero-order valence-electron chi connectivity index (χ0n) is 12.0. The second-order valence-electron chi connectivity index (χ2n) is 4.06. The minimum absolute atomic E-state index is 0.0213. The number of methoxy groups -OCH3 is 3. The second-order valence-corrected chi connectivity index (χ2v) is 4.06. The third-order valence-corrected chi connectivity index (χ3v) is 2.51. The molecular formula is C14H18O6. The fourth-order valence-electron chi connectivity index (χ4n) is 1.63. The van der Waals surface area contributed by atoms with E-state index in [4.69, 9.17) is 18.9 Å². The van der Waals surface area contributed by atoms with E-state index in [0.29, 0.717) is 22.8 Å². The molecule has 110 valence electrons. The number of carbonyl (C=O) groups excluding carboxylic acids is 2. The number of ether oxygens (including phenoxy) is 4. The summed E-state index contributed by atoms with van der Waals surface area (Å²) in [5, 5.41) is 0. The molecule has 0 saturated carbocycles. The van der Waals surface area contributed by atoms with Gasteiger partial charge in [-0.2, -0.15) is 0 Å². The Kier molecular flexibility index (Phi) is 5.99. The fraction of sp³-hybridized carbons (Fsp3) is 0.429. The molecule has 0 amide bonds. The summed E-state index contributed by atoms with van der Waals surface area (Å²) in [7, 11) is 4.39. The maximum atomic E-state index is 11.9. The maximum Gasteiger partial charge on any atom is 0.206 e. The first-order chi connectivity index (χ1) is 9.53. The third-order valence-electron chi connectivity index (χ3n) is 2.51. The molecule has 1 aromatic rings. The van der Waals surface area contributed by atoms with Crippen LogP contribution in [0.15, 0.2) is 12.1 Å². The molecule has 1 aromatic carbocycles. The summed E-state index contributed by atoms with van der Waals surface area (Å²) in [5.74, 6) is 0.526. The minimum atomic E-state index is -0.299. The predicted molar refractivity (Wildman–Crippen MR) is 71.7 cm³/mol. The molecule has 0 N–H and O–H groups in total. The van der Waals surface area contributed by atoms with Crippen LogP contribution in [0, 0.1) is 0 Å². The maximum absolute atomic E-state index is 11.9. The van der Waals surface area contributed by atoms with Crippen molar-refractivity contribution < 1.29 is 28.5 Å². The van der Waals surface area contributed by atoms with Gasteiger partial charge in [-0.25, -0.2) is 0 Å². The lowest BCUT2D eigenvalue weighted by Gasteiger charge is -2.15. The van der Waals surface area contributed by atoms with Crippen molar-refractivity contribution in [3.05, 3.63) is 17.7 Å². The van der Waals surface area contributed by atoms with E-state index in [1.54, 1.807) is 0 Å². The molecule has 0 atom stereocenters. The Morgan fingerprint density at radius 3 is 2.00 bits per heavy atom. The van der Waals surface area contributed by atoms with Crippen LogP contribution in [0.2, 0.25) is 0 Å². The van der Waals surface area contributed by atoms with Crippen molar-refractivity contribution in [2.24, 2.45) is 0 Å². The molecule has 6 nitrogen and oxygen atoms in total. The van der Waals surface area contributed by atoms with E-state index in [2.05, 4.69) is 0 Å². The van der Waals surface area contributed by atoms with Crippen LogP contribution in [0.3, 0.4) is 0 Å². The topological polar surface area (TPSA) is 71.1 Å². The van der Waals surface area contributed by atoms with Gasteiger partial charge in [0.15, 0.2) is 24.1 Å². The van der Waals surface area contributed by atoms with Crippen molar-refractivity contribution in [3.63, 3.8) is 0 Å². The summed E-state index contributed by atoms with van der Waals surface area (Å²) in [6.07, 6.45) is -0.162. The van der Waals surface area contributed by atoms with Gasteiger partial charge in [-0.1, -0.05) is 0 Å². The van der Waals surface area contributed by atoms with E-state index in [-0.39, 0.29) is 24.8 Å².